The first kappa shape index (κ1) is 63.1. The number of esters is 3. The maximum atomic E-state index is 12.8. The predicted octanol–water partition coefficient (Wildman–Crippen LogP) is 19.3. The molecule has 384 valence electrons. The molecule has 1 unspecified atom stereocenters. The Morgan fingerprint density at radius 2 is 0.523 bits per heavy atom. The van der Waals surface area contributed by atoms with Gasteiger partial charge in [-0.15, -0.1) is 0 Å². The quantitative estimate of drug-likeness (QED) is 0.0262. The van der Waals surface area contributed by atoms with Gasteiger partial charge in [0.15, 0.2) is 6.10 Å². The number of allylic oxidation sites excluding steroid dienone is 2. The van der Waals surface area contributed by atoms with E-state index in [1.165, 1.54) is 225 Å². The van der Waals surface area contributed by atoms with Crippen molar-refractivity contribution in [1.29, 1.82) is 0 Å². The van der Waals surface area contributed by atoms with E-state index in [4.69, 9.17) is 14.2 Å². The van der Waals surface area contributed by atoms with E-state index in [2.05, 4.69) is 32.9 Å². The van der Waals surface area contributed by atoms with Gasteiger partial charge >= 0.3 is 17.9 Å². The van der Waals surface area contributed by atoms with Crippen molar-refractivity contribution in [2.45, 2.75) is 335 Å². The molecule has 0 spiro atoms. The Labute approximate surface area is 405 Å². The first-order valence-corrected chi connectivity index (χ1v) is 29.2. The third-order valence-electron chi connectivity index (χ3n) is 13.3. The van der Waals surface area contributed by atoms with Gasteiger partial charge in [-0.05, 0) is 38.5 Å². The monoisotopic (exact) mass is 917 g/mol. The fraction of sp³-hybridized carbons (Fsp3) is 0.915. The van der Waals surface area contributed by atoms with Gasteiger partial charge in [-0.25, -0.2) is 0 Å². The molecule has 0 aliphatic heterocycles. The highest BCUT2D eigenvalue weighted by Crippen LogP contribution is 2.17. The third-order valence-corrected chi connectivity index (χ3v) is 13.3. The molecule has 0 saturated carbocycles. The molecule has 0 aliphatic rings. The van der Waals surface area contributed by atoms with Crippen molar-refractivity contribution in [1.82, 2.24) is 0 Å². The van der Waals surface area contributed by atoms with Crippen LogP contribution in [0.5, 0.6) is 0 Å². The highest BCUT2D eigenvalue weighted by molar-refractivity contribution is 5.71. The van der Waals surface area contributed by atoms with Crippen molar-refractivity contribution < 1.29 is 28.6 Å². The molecule has 6 nitrogen and oxygen atoms in total. The Morgan fingerprint density at radius 3 is 0.815 bits per heavy atom. The summed E-state index contributed by atoms with van der Waals surface area (Å²) in [7, 11) is 0. The zero-order valence-corrected chi connectivity index (χ0v) is 44.0. The van der Waals surface area contributed by atoms with Gasteiger partial charge in [0.25, 0.3) is 0 Å². The fourth-order valence-electron chi connectivity index (χ4n) is 8.84. The number of ether oxygens (including phenoxy) is 3. The summed E-state index contributed by atoms with van der Waals surface area (Å²) in [6.45, 7) is 6.65. The van der Waals surface area contributed by atoms with E-state index in [1.54, 1.807) is 0 Å². The Hall–Kier alpha value is -1.85. The Morgan fingerprint density at radius 1 is 0.292 bits per heavy atom. The molecule has 0 aliphatic carbocycles. The minimum absolute atomic E-state index is 0.0667. The van der Waals surface area contributed by atoms with Crippen molar-refractivity contribution in [3.8, 4) is 0 Å². The van der Waals surface area contributed by atoms with E-state index < -0.39 is 6.10 Å². The molecular formula is C59H112O6. The van der Waals surface area contributed by atoms with Gasteiger partial charge in [-0.2, -0.15) is 0 Å². The second-order valence-corrected chi connectivity index (χ2v) is 19.9. The maximum Gasteiger partial charge on any atom is 0.306 e. The molecule has 0 radical (unpaired) electrons. The summed E-state index contributed by atoms with van der Waals surface area (Å²) < 4.78 is 16.9. The minimum Gasteiger partial charge on any atom is -0.462 e. The zero-order chi connectivity index (χ0) is 47.2. The van der Waals surface area contributed by atoms with E-state index in [-0.39, 0.29) is 31.1 Å². The van der Waals surface area contributed by atoms with E-state index in [9.17, 15) is 14.4 Å². The van der Waals surface area contributed by atoms with Crippen LogP contribution in [-0.2, 0) is 28.6 Å². The maximum absolute atomic E-state index is 12.8. The lowest BCUT2D eigenvalue weighted by molar-refractivity contribution is -0.167. The lowest BCUT2D eigenvalue weighted by Crippen LogP contribution is -2.30. The second kappa shape index (κ2) is 54.8. The normalized spacial score (nSPS) is 12.0. The molecule has 0 fully saturated rings. The molecule has 1 atom stereocenters. The van der Waals surface area contributed by atoms with Crippen molar-refractivity contribution in [3.05, 3.63) is 12.2 Å². The summed E-state index contributed by atoms with van der Waals surface area (Å²) in [5.41, 5.74) is 0. The molecule has 0 saturated heterocycles. The minimum atomic E-state index is -0.767. The number of carbonyl (C=O) groups excluding carboxylic acids is 3. The number of rotatable bonds is 54. The first-order valence-electron chi connectivity index (χ1n) is 29.2. The molecule has 0 amide bonds. The summed E-state index contributed by atoms with van der Waals surface area (Å²) in [5.74, 6) is -0.854. The standard InChI is InChI=1S/C59H112O6/c1-4-7-10-13-16-19-22-24-26-27-28-29-30-31-32-33-35-37-40-43-46-49-52-58(61)64-55-56(54-63-57(60)51-48-45-42-39-36-21-18-15-12-9-6-3)65-59(62)53-50-47-44-41-38-34-25-23-20-17-14-11-8-5-2/h15,18,56H,4-14,16-17,19-55H2,1-3H3/b18-15-. The van der Waals surface area contributed by atoms with Gasteiger partial charge in [-0.3, -0.25) is 14.4 Å². The lowest BCUT2D eigenvalue weighted by Gasteiger charge is -2.18. The zero-order valence-electron chi connectivity index (χ0n) is 44.0. The molecule has 0 aromatic rings. The van der Waals surface area contributed by atoms with E-state index in [0.717, 1.165) is 64.2 Å². The Kier molecular flexibility index (Phi) is 53.2. The molecule has 0 N–H and O–H groups in total. The highest BCUT2D eigenvalue weighted by atomic mass is 16.6. The van der Waals surface area contributed by atoms with Crippen LogP contribution < -0.4 is 0 Å². The van der Waals surface area contributed by atoms with Crippen LogP contribution in [0, 0.1) is 0 Å². The number of unbranched alkanes of at least 4 members (excludes halogenated alkanes) is 41. The molecule has 0 rings (SSSR count). The summed E-state index contributed by atoms with van der Waals surface area (Å²) in [6, 6.07) is 0. The smallest absolute Gasteiger partial charge is 0.306 e. The van der Waals surface area contributed by atoms with Crippen molar-refractivity contribution in [2.75, 3.05) is 13.2 Å². The number of hydrogen-bond acceptors (Lipinski definition) is 6. The summed E-state index contributed by atoms with van der Waals surface area (Å²) in [4.78, 5) is 38.1. The molecule has 65 heavy (non-hydrogen) atoms. The average Bonchev–Trinajstić information content (AvgIpc) is 3.30. The molecular weight excluding hydrogens is 805 g/mol. The first-order chi connectivity index (χ1) is 32.0. The van der Waals surface area contributed by atoms with Gasteiger partial charge in [0, 0.05) is 19.3 Å². The van der Waals surface area contributed by atoms with Crippen molar-refractivity contribution in [3.63, 3.8) is 0 Å². The van der Waals surface area contributed by atoms with Crippen LogP contribution in [0.2, 0.25) is 0 Å². The van der Waals surface area contributed by atoms with Gasteiger partial charge in [0.2, 0.25) is 0 Å². The lowest BCUT2D eigenvalue weighted by atomic mass is 10.0. The third kappa shape index (κ3) is 53.0. The van der Waals surface area contributed by atoms with Gasteiger partial charge in [0.05, 0.1) is 0 Å². The molecule has 0 bridgehead atoms. The molecule has 0 aromatic carbocycles. The Balaban J connectivity index is 4.20. The molecule has 0 heterocycles. The van der Waals surface area contributed by atoms with Crippen LogP contribution >= 0.6 is 0 Å². The molecule has 0 aromatic heterocycles. The van der Waals surface area contributed by atoms with Crippen LogP contribution in [-0.4, -0.2) is 37.2 Å². The van der Waals surface area contributed by atoms with Crippen LogP contribution in [0.4, 0.5) is 0 Å². The summed E-state index contributed by atoms with van der Waals surface area (Å²) in [6.07, 6.45) is 62.1. The SMILES string of the molecule is CCCC/C=C\CCCCCCCC(=O)OCC(COC(=O)CCCCCCCCCCCCCCCCCCCCCCCC)OC(=O)CCCCCCCCCCCCCCCC. The van der Waals surface area contributed by atoms with Crippen LogP contribution in [0.1, 0.15) is 329 Å². The van der Waals surface area contributed by atoms with E-state index in [1.807, 2.05) is 0 Å². The van der Waals surface area contributed by atoms with Gasteiger partial charge in [-0.1, -0.05) is 283 Å². The van der Waals surface area contributed by atoms with Gasteiger partial charge in [0.1, 0.15) is 13.2 Å². The summed E-state index contributed by atoms with van der Waals surface area (Å²) >= 11 is 0. The van der Waals surface area contributed by atoms with Crippen LogP contribution in [0.15, 0.2) is 12.2 Å². The van der Waals surface area contributed by atoms with Crippen LogP contribution in [0.25, 0.3) is 0 Å². The fourth-order valence-corrected chi connectivity index (χ4v) is 8.84. The van der Waals surface area contributed by atoms with E-state index >= 15 is 0 Å². The largest absolute Gasteiger partial charge is 0.462 e. The average molecular weight is 918 g/mol. The topological polar surface area (TPSA) is 78.9 Å². The van der Waals surface area contributed by atoms with Crippen LogP contribution in [0.3, 0.4) is 0 Å². The second-order valence-electron chi connectivity index (χ2n) is 19.9. The van der Waals surface area contributed by atoms with E-state index in [0.29, 0.717) is 19.3 Å². The van der Waals surface area contributed by atoms with Crippen molar-refractivity contribution in [2.24, 2.45) is 0 Å². The molecule has 6 heteroatoms. The highest BCUT2D eigenvalue weighted by Gasteiger charge is 2.19. The predicted molar refractivity (Wildman–Crippen MR) is 280 cm³/mol. The Bertz CT molecular complexity index is 1010. The van der Waals surface area contributed by atoms with Gasteiger partial charge < -0.3 is 14.2 Å². The van der Waals surface area contributed by atoms with Crippen molar-refractivity contribution >= 4 is 17.9 Å². The number of carbonyl (C=O) groups is 3. The number of hydrogen-bond donors (Lipinski definition) is 0. The summed E-state index contributed by atoms with van der Waals surface area (Å²) in [5, 5.41) is 0.